The van der Waals surface area contributed by atoms with Crippen LogP contribution in [0.4, 0.5) is 0 Å². The molecule has 1 atom stereocenters. The Hall–Kier alpha value is -0.780. The smallest absolute Gasteiger partial charge is 0.143 e. The first-order valence-electron chi connectivity index (χ1n) is 4.78. The lowest BCUT2D eigenvalue weighted by atomic mass is 9.75. The molecule has 0 fully saturated rings. The number of rotatable bonds is 7. The van der Waals surface area contributed by atoms with E-state index in [9.17, 15) is 9.59 Å². The van der Waals surface area contributed by atoms with Gasteiger partial charge in [0.2, 0.25) is 0 Å². The topological polar surface area (TPSA) is 94.8 Å². The zero-order valence-corrected chi connectivity index (χ0v) is 9.06. The summed E-state index contributed by atoms with van der Waals surface area (Å²) in [7, 11) is 0. The number of carbonyl (C=O) groups excluding carboxylic acids is 2. The van der Waals surface area contributed by atoms with Crippen LogP contribution in [-0.2, 0) is 9.59 Å². The van der Waals surface area contributed by atoms with Gasteiger partial charge in [-0.05, 0) is 6.92 Å². The molecule has 0 saturated heterocycles. The van der Waals surface area contributed by atoms with Crippen LogP contribution in [0, 0.1) is 11.3 Å². The Morgan fingerprint density at radius 3 is 1.80 bits per heavy atom. The van der Waals surface area contributed by atoms with E-state index in [1.807, 2.05) is 0 Å². The van der Waals surface area contributed by atoms with E-state index in [1.54, 1.807) is 0 Å². The second kappa shape index (κ2) is 5.95. The number of carbonyl (C=O) groups is 2. The summed E-state index contributed by atoms with van der Waals surface area (Å²) in [6, 6.07) is 0. The zero-order valence-electron chi connectivity index (χ0n) is 9.06. The largest absolute Gasteiger partial charge is 0.396 e. The van der Waals surface area contributed by atoms with Crippen molar-refractivity contribution in [3.63, 3.8) is 0 Å². The first-order chi connectivity index (χ1) is 6.93. The number of Topliss-reactive ketones (excluding diaryl/α,β-unsaturated/α-hetero) is 2. The highest BCUT2D eigenvalue weighted by atomic mass is 16.3. The van der Waals surface area contributed by atoms with Crippen LogP contribution < -0.4 is 0 Å². The molecule has 0 amide bonds. The molecule has 5 heteroatoms. The van der Waals surface area contributed by atoms with Crippen molar-refractivity contribution >= 4 is 11.6 Å². The number of ketones is 2. The summed E-state index contributed by atoms with van der Waals surface area (Å²) in [4.78, 5) is 22.3. The summed E-state index contributed by atoms with van der Waals surface area (Å²) in [6.07, 6.45) is -0.233. The molecule has 0 aliphatic carbocycles. The minimum atomic E-state index is -1.24. The Morgan fingerprint density at radius 2 is 1.53 bits per heavy atom. The van der Waals surface area contributed by atoms with E-state index in [1.165, 1.54) is 13.8 Å². The van der Waals surface area contributed by atoms with Crippen LogP contribution in [-0.4, -0.2) is 46.7 Å². The van der Waals surface area contributed by atoms with E-state index in [2.05, 4.69) is 0 Å². The SMILES string of the molecule is CC(=O)CC(=O)C(C)C(CO)(CO)CO. The molecule has 0 heterocycles. The normalized spacial score (nSPS) is 13.7. The van der Waals surface area contributed by atoms with Crippen LogP contribution in [0.1, 0.15) is 20.3 Å². The van der Waals surface area contributed by atoms with E-state index >= 15 is 0 Å². The lowest BCUT2D eigenvalue weighted by Crippen LogP contribution is -2.44. The summed E-state index contributed by atoms with van der Waals surface area (Å²) >= 11 is 0. The van der Waals surface area contributed by atoms with Gasteiger partial charge in [-0.3, -0.25) is 9.59 Å². The maximum absolute atomic E-state index is 11.5. The predicted molar refractivity (Wildman–Crippen MR) is 53.2 cm³/mol. The average molecular weight is 218 g/mol. The van der Waals surface area contributed by atoms with Crippen LogP contribution >= 0.6 is 0 Å². The molecular formula is C10H18O5. The van der Waals surface area contributed by atoms with Crippen LogP contribution in [0.15, 0.2) is 0 Å². The molecule has 0 aromatic heterocycles. The Labute approximate surface area is 88.7 Å². The van der Waals surface area contributed by atoms with Crippen molar-refractivity contribution in [1.29, 1.82) is 0 Å². The Bertz CT molecular complexity index is 224. The first kappa shape index (κ1) is 14.2. The Balaban J connectivity index is 4.70. The molecule has 88 valence electrons. The quantitative estimate of drug-likeness (QED) is 0.483. The fraction of sp³-hybridized carbons (Fsp3) is 0.800. The Morgan fingerprint density at radius 1 is 1.13 bits per heavy atom. The third kappa shape index (κ3) is 3.37. The van der Waals surface area contributed by atoms with Gasteiger partial charge in [0.15, 0.2) is 0 Å². The van der Waals surface area contributed by atoms with Crippen LogP contribution in [0.2, 0.25) is 0 Å². The minimum absolute atomic E-state index is 0.233. The van der Waals surface area contributed by atoms with E-state index in [-0.39, 0.29) is 18.0 Å². The van der Waals surface area contributed by atoms with Gasteiger partial charge in [-0.25, -0.2) is 0 Å². The second-order valence-electron chi connectivity index (χ2n) is 3.90. The molecule has 1 unspecified atom stereocenters. The van der Waals surface area contributed by atoms with Gasteiger partial charge in [0, 0.05) is 11.3 Å². The fourth-order valence-electron chi connectivity index (χ4n) is 1.30. The van der Waals surface area contributed by atoms with Gasteiger partial charge < -0.3 is 15.3 Å². The highest BCUT2D eigenvalue weighted by Crippen LogP contribution is 2.27. The van der Waals surface area contributed by atoms with Crippen molar-refractivity contribution in [3.8, 4) is 0 Å². The fourth-order valence-corrected chi connectivity index (χ4v) is 1.30. The van der Waals surface area contributed by atoms with Crippen molar-refractivity contribution in [1.82, 2.24) is 0 Å². The first-order valence-corrected chi connectivity index (χ1v) is 4.78. The number of hydrogen-bond acceptors (Lipinski definition) is 5. The Kier molecular flexibility index (Phi) is 5.64. The van der Waals surface area contributed by atoms with Crippen LogP contribution in [0.25, 0.3) is 0 Å². The maximum Gasteiger partial charge on any atom is 0.143 e. The maximum atomic E-state index is 11.5. The molecule has 0 rings (SSSR count). The molecule has 0 aliphatic rings. The van der Waals surface area contributed by atoms with Gasteiger partial charge in [-0.15, -0.1) is 0 Å². The zero-order chi connectivity index (χ0) is 12.1. The highest BCUT2D eigenvalue weighted by Gasteiger charge is 2.38. The molecule has 3 N–H and O–H groups in total. The molecule has 15 heavy (non-hydrogen) atoms. The van der Waals surface area contributed by atoms with Crippen LogP contribution in [0.3, 0.4) is 0 Å². The standard InChI is InChI=1S/C10H18O5/c1-7(14)3-9(15)8(2)10(4-11,5-12)6-13/h8,11-13H,3-6H2,1-2H3. The molecule has 0 bridgehead atoms. The number of aliphatic hydroxyl groups excluding tert-OH is 3. The van der Waals surface area contributed by atoms with Crippen molar-refractivity contribution in [2.45, 2.75) is 20.3 Å². The molecule has 5 nitrogen and oxygen atoms in total. The van der Waals surface area contributed by atoms with Gasteiger partial charge in [0.25, 0.3) is 0 Å². The van der Waals surface area contributed by atoms with Crippen molar-refractivity contribution in [3.05, 3.63) is 0 Å². The van der Waals surface area contributed by atoms with Gasteiger partial charge >= 0.3 is 0 Å². The molecule has 0 spiro atoms. The van der Waals surface area contributed by atoms with Crippen molar-refractivity contribution in [2.24, 2.45) is 11.3 Å². The van der Waals surface area contributed by atoms with E-state index in [0.29, 0.717) is 0 Å². The second-order valence-corrected chi connectivity index (χ2v) is 3.90. The average Bonchev–Trinajstić information content (AvgIpc) is 2.20. The van der Waals surface area contributed by atoms with Gasteiger partial charge in [-0.1, -0.05) is 6.92 Å². The third-order valence-corrected chi connectivity index (χ3v) is 2.77. The summed E-state index contributed by atoms with van der Waals surface area (Å²) in [5, 5.41) is 27.2. The van der Waals surface area contributed by atoms with E-state index in [4.69, 9.17) is 15.3 Å². The summed E-state index contributed by atoms with van der Waals surface area (Å²) < 4.78 is 0. The minimum Gasteiger partial charge on any atom is -0.396 e. The number of aliphatic hydroxyl groups is 3. The highest BCUT2D eigenvalue weighted by molar-refractivity contribution is 5.99. The van der Waals surface area contributed by atoms with E-state index in [0.717, 1.165) is 0 Å². The summed E-state index contributed by atoms with van der Waals surface area (Å²) in [5.74, 6) is -1.39. The molecule has 0 saturated carbocycles. The molecule has 0 aromatic carbocycles. The summed E-state index contributed by atoms with van der Waals surface area (Å²) in [6.45, 7) is 1.30. The molecule has 0 aliphatic heterocycles. The van der Waals surface area contributed by atoms with Gasteiger partial charge in [-0.2, -0.15) is 0 Å². The number of hydrogen-bond donors (Lipinski definition) is 3. The van der Waals surface area contributed by atoms with Crippen molar-refractivity contribution < 1.29 is 24.9 Å². The molecule has 0 aromatic rings. The predicted octanol–water partition coefficient (Wildman–Crippen LogP) is -0.866. The lowest BCUT2D eigenvalue weighted by molar-refractivity contribution is -0.135. The van der Waals surface area contributed by atoms with Gasteiger partial charge in [0.05, 0.1) is 26.2 Å². The lowest BCUT2D eigenvalue weighted by Gasteiger charge is -2.32. The molecular weight excluding hydrogens is 200 g/mol. The monoisotopic (exact) mass is 218 g/mol. The van der Waals surface area contributed by atoms with E-state index < -0.39 is 31.2 Å². The van der Waals surface area contributed by atoms with Crippen molar-refractivity contribution in [2.75, 3.05) is 19.8 Å². The van der Waals surface area contributed by atoms with Gasteiger partial charge in [0.1, 0.15) is 11.6 Å². The third-order valence-electron chi connectivity index (χ3n) is 2.77. The van der Waals surface area contributed by atoms with Crippen LogP contribution in [0.5, 0.6) is 0 Å². The summed E-state index contributed by atoms with van der Waals surface area (Å²) in [5.41, 5.74) is -1.24. The molecule has 0 radical (unpaired) electrons.